The summed E-state index contributed by atoms with van der Waals surface area (Å²) in [5.74, 6) is -1.89. The van der Waals surface area contributed by atoms with Crippen molar-refractivity contribution in [1.82, 2.24) is 0 Å². The average molecular weight is 644 g/mol. The fourth-order valence-electron chi connectivity index (χ4n) is 5.21. The lowest BCUT2D eigenvalue weighted by Gasteiger charge is -2.40. The molecular weight excluding hydrogens is 608 g/mol. The van der Waals surface area contributed by atoms with Crippen LogP contribution in [0.3, 0.4) is 0 Å². The Morgan fingerprint density at radius 2 is 1.29 bits per heavy atom. The van der Waals surface area contributed by atoms with Crippen molar-refractivity contribution in [2.24, 2.45) is 0 Å². The molecule has 45 heavy (non-hydrogen) atoms. The maximum absolute atomic E-state index is 10.9. The van der Waals surface area contributed by atoms with Crippen molar-refractivity contribution in [3.8, 4) is 34.5 Å². The van der Waals surface area contributed by atoms with Gasteiger partial charge in [0.05, 0.1) is 32.0 Å². The van der Waals surface area contributed by atoms with Crippen LogP contribution >= 0.6 is 0 Å². The van der Waals surface area contributed by atoms with Crippen LogP contribution in [0.25, 0.3) is 6.08 Å². The normalized spacial score (nSPS) is 34.7. The quantitative estimate of drug-likeness (QED) is 0.102. The topological polar surface area (TPSA) is 281 Å². The highest BCUT2D eigenvalue weighted by Gasteiger charge is 2.47. The van der Waals surface area contributed by atoms with Crippen LogP contribution in [0.2, 0.25) is 0 Å². The Morgan fingerprint density at radius 3 is 1.84 bits per heavy atom. The van der Waals surface area contributed by atoms with Gasteiger partial charge in [0.2, 0.25) is 18.3 Å². The van der Waals surface area contributed by atoms with Gasteiger partial charge >= 0.3 is 0 Å². The van der Waals surface area contributed by atoms with Gasteiger partial charge in [-0.1, -0.05) is 0 Å². The molecule has 1 unspecified atom stereocenters. The number of benzene rings is 2. The van der Waals surface area contributed by atoms with E-state index >= 15 is 0 Å². The Labute approximate surface area is 254 Å². The molecular formula is C28H35O17+. The lowest BCUT2D eigenvalue weighted by atomic mass is 9.98. The second kappa shape index (κ2) is 13.0. The molecule has 3 aliphatic rings. The molecule has 3 heterocycles. The van der Waals surface area contributed by atoms with Gasteiger partial charge in [0.1, 0.15) is 65.9 Å². The molecule has 0 amide bonds. The average Bonchev–Trinajstić information content (AvgIpc) is 3.02. The standard InChI is InChI=1S/C28H34O17/c1-40-15-3-9(2-13(32)19(15)33)26-16(43-28-25(39)23(37)21(35)18(8-30)45-28)6-11-12(31)4-10(5-14(11)42-26)41-27-24(38)22(36)20(34)17(7-29)44-27/h2-6,17-18,20-39H,7-8H2,1H3/p+1/t17-,18-,20-,21-,22+,23+,24-,25-,26?,27-,28-/m1/s1. The number of aliphatic hydroxyl groups excluding tert-OH is 8. The number of aromatic hydroxyl groups is 4. The van der Waals surface area contributed by atoms with E-state index < -0.39 is 98.0 Å². The van der Waals surface area contributed by atoms with Crippen LogP contribution in [0.5, 0.6) is 34.5 Å². The summed E-state index contributed by atoms with van der Waals surface area (Å²) in [6.45, 7) is -1.41. The van der Waals surface area contributed by atoms with Crippen LogP contribution in [-0.2, 0) is 14.2 Å². The van der Waals surface area contributed by atoms with Gasteiger partial charge < -0.3 is 84.6 Å². The van der Waals surface area contributed by atoms with E-state index in [2.05, 4.69) is 4.74 Å². The van der Waals surface area contributed by atoms with Crippen LogP contribution in [0, 0.1) is 0 Å². The fourth-order valence-corrected chi connectivity index (χ4v) is 5.21. The summed E-state index contributed by atoms with van der Waals surface area (Å²) in [5, 5.41) is 112. The van der Waals surface area contributed by atoms with Gasteiger partial charge in [-0.15, -0.1) is 0 Å². The molecule has 0 aliphatic carbocycles. The first-order valence-electron chi connectivity index (χ1n) is 13.7. The highest BCUT2D eigenvalue weighted by atomic mass is 16.7. The first kappa shape index (κ1) is 32.8. The van der Waals surface area contributed by atoms with Crippen LogP contribution in [0.15, 0.2) is 30.0 Å². The largest absolute Gasteiger partial charge is 0.571 e. The summed E-state index contributed by atoms with van der Waals surface area (Å²) in [6.07, 6.45) is -16.0. The first-order chi connectivity index (χ1) is 21.4. The molecule has 3 aliphatic heterocycles. The lowest BCUT2D eigenvalue weighted by molar-refractivity contribution is -0.295. The zero-order valence-electron chi connectivity index (χ0n) is 23.6. The van der Waals surface area contributed by atoms with E-state index in [0.717, 1.165) is 12.1 Å². The van der Waals surface area contributed by atoms with Crippen molar-refractivity contribution >= 4 is 6.08 Å². The Kier molecular flexibility index (Phi) is 9.47. The highest BCUT2D eigenvalue weighted by Crippen LogP contribution is 2.48. The number of methoxy groups -OCH3 is 1. The molecule has 2 saturated heterocycles. The molecule has 17 heteroatoms. The van der Waals surface area contributed by atoms with E-state index in [1.807, 2.05) is 0 Å². The Hall–Kier alpha value is -3.62. The predicted octanol–water partition coefficient (Wildman–Crippen LogP) is -2.86. The van der Waals surface area contributed by atoms with Crippen LogP contribution in [0.4, 0.5) is 0 Å². The minimum Gasteiger partial charge on any atom is -0.571 e. The van der Waals surface area contributed by atoms with Crippen molar-refractivity contribution in [3.05, 3.63) is 41.2 Å². The van der Waals surface area contributed by atoms with Crippen molar-refractivity contribution in [2.75, 3.05) is 20.3 Å². The molecule has 12 N–H and O–H groups in total. The zero-order chi connectivity index (χ0) is 32.7. The van der Waals surface area contributed by atoms with E-state index in [1.165, 1.54) is 25.3 Å². The minimum absolute atomic E-state index is 0.0574. The van der Waals surface area contributed by atoms with E-state index in [9.17, 15) is 56.2 Å². The summed E-state index contributed by atoms with van der Waals surface area (Å²) < 4.78 is 32.1. The Balaban J connectivity index is 1.52. The molecule has 0 aromatic heterocycles. The minimum atomic E-state index is -1.79. The second-order valence-corrected chi connectivity index (χ2v) is 10.7. The van der Waals surface area contributed by atoms with Gasteiger partial charge in [0.25, 0.3) is 11.9 Å². The number of phenols is 3. The molecule has 11 atom stereocenters. The third kappa shape index (κ3) is 6.15. The molecule has 248 valence electrons. The number of ether oxygens (including phenoxy) is 6. The SMILES string of the molecule is COc1cc(C2[OH+]c3cc(O[C@@H]4O[C@H](CO)[C@@H](O)[C@H](O)[C@H]4O)cc(O)c3C=C2O[C@@H]2O[C@H](CO)[C@@H](O)[C@H](O)[C@H]2O)cc(O)c1O. The van der Waals surface area contributed by atoms with Crippen LogP contribution < -0.4 is 9.47 Å². The van der Waals surface area contributed by atoms with Gasteiger partial charge in [-0.25, -0.2) is 0 Å². The maximum atomic E-state index is 10.9. The Bertz CT molecular complexity index is 1400. The number of hydrogen-bond acceptors (Lipinski definition) is 16. The molecule has 0 bridgehead atoms. The monoisotopic (exact) mass is 643 g/mol. The van der Waals surface area contributed by atoms with E-state index in [-0.39, 0.29) is 34.1 Å². The van der Waals surface area contributed by atoms with Crippen molar-refractivity contribution in [2.45, 2.75) is 67.5 Å². The number of rotatable bonds is 8. The summed E-state index contributed by atoms with van der Waals surface area (Å²) in [5.41, 5.74) is 0.227. The molecule has 0 saturated carbocycles. The summed E-state index contributed by atoms with van der Waals surface area (Å²) in [6, 6.07) is 4.91. The first-order valence-corrected chi connectivity index (χ1v) is 13.7. The van der Waals surface area contributed by atoms with Crippen molar-refractivity contribution < 1.29 is 84.6 Å². The molecule has 0 spiro atoms. The third-order valence-electron chi connectivity index (χ3n) is 7.75. The summed E-state index contributed by atoms with van der Waals surface area (Å²) in [7, 11) is 1.24. The number of phenolic OH excluding ortho intramolecular Hbond substituents is 3. The number of aliphatic hydroxyl groups is 9. The Morgan fingerprint density at radius 1 is 0.711 bits per heavy atom. The van der Waals surface area contributed by atoms with Crippen LogP contribution in [0.1, 0.15) is 17.2 Å². The van der Waals surface area contributed by atoms with Crippen molar-refractivity contribution in [1.29, 1.82) is 0 Å². The number of hydrogen-bond donors (Lipinski definition) is 11. The van der Waals surface area contributed by atoms with Gasteiger partial charge in [-0.05, 0) is 12.1 Å². The van der Waals surface area contributed by atoms with E-state index in [4.69, 9.17) is 23.7 Å². The predicted molar refractivity (Wildman–Crippen MR) is 146 cm³/mol. The molecule has 17 nitrogen and oxygen atoms in total. The molecule has 2 fully saturated rings. The van der Waals surface area contributed by atoms with Gasteiger partial charge in [0.15, 0.2) is 17.3 Å². The van der Waals surface area contributed by atoms with Gasteiger partial charge in [0, 0.05) is 12.1 Å². The van der Waals surface area contributed by atoms with Gasteiger partial charge in [-0.3, -0.25) is 0 Å². The molecule has 2 aromatic carbocycles. The summed E-state index contributed by atoms with van der Waals surface area (Å²) in [4.78, 5) is 0. The fraction of sp³-hybridized carbons (Fsp3) is 0.500. The molecule has 2 aromatic rings. The zero-order valence-corrected chi connectivity index (χ0v) is 23.6. The van der Waals surface area contributed by atoms with Crippen LogP contribution in [-0.4, -0.2) is 143 Å². The van der Waals surface area contributed by atoms with Crippen molar-refractivity contribution in [3.63, 3.8) is 0 Å². The number of fused-ring (bicyclic) bond motifs is 1. The molecule has 0 radical (unpaired) electrons. The highest BCUT2D eigenvalue weighted by molar-refractivity contribution is 5.69. The lowest BCUT2D eigenvalue weighted by Crippen LogP contribution is -2.60. The smallest absolute Gasteiger partial charge is 0.270 e. The third-order valence-corrected chi connectivity index (χ3v) is 7.75. The molecule has 5 rings (SSSR count). The van der Waals surface area contributed by atoms with E-state index in [0.29, 0.717) is 0 Å². The second-order valence-electron chi connectivity index (χ2n) is 10.7. The maximum Gasteiger partial charge on any atom is 0.270 e. The van der Waals surface area contributed by atoms with E-state index in [1.54, 1.807) is 0 Å². The summed E-state index contributed by atoms with van der Waals surface area (Å²) >= 11 is 0. The van der Waals surface area contributed by atoms with Gasteiger partial charge in [-0.2, -0.15) is 0 Å².